The average Bonchev–Trinajstić information content (AvgIpc) is 2.79. The summed E-state index contributed by atoms with van der Waals surface area (Å²) < 4.78 is 11.3. The van der Waals surface area contributed by atoms with Gasteiger partial charge in [-0.2, -0.15) is 0 Å². The summed E-state index contributed by atoms with van der Waals surface area (Å²) in [6, 6.07) is 2.14. The van der Waals surface area contributed by atoms with Gasteiger partial charge in [0.15, 0.2) is 0 Å². The minimum atomic E-state index is 0.125. The molecular weight excluding hydrogens is 202 g/mol. The summed E-state index contributed by atoms with van der Waals surface area (Å²) in [5.74, 6) is 1.18. The lowest BCUT2D eigenvalue weighted by atomic mass is 9.77. The largest absolute Gasteiger partial charge is 0.469 e. The molecule has 0 radical (unpaired) electrons. The van der Waals surface area contributed by atoms with E-state index in [2.05, 4.69) is 18.3 Å². The third-order valence-electron chi connectivity index (χ3n) is 3.99. The number of furan rings is 1. The van der Waals surface area contributed by atoms with E-state index in [0.717, 1.165) is 38.8 Å². The molecule has 1 spiro atoms. The third kappa shape index (κ3) is 1.50. The average molecular weight is 221 g/mol. The Kier molecular flexibility index (Phi) is 2.52. The Balaban J connectivity index is 1.94. The van der Waals surface area contributed by atoms with Gasteiger partial charge in [-0.3, -0.25) is 0 Å². The van der Waals surface area contributed by atoms with E-state index in [9.17, 15) is 0 Å². The molecule has 0 saturated carbocycles. The van der Waals surface area contributed by atoms with E-state index in [4.69, 9.17) is 9.15 Å². The van der Waals surface area contributed by atoms with Gasteiger partial charge >= 0.3 is 0 Å². The van der Waals surface area contributed by atoms with Crippen molar-refractivity contribution < 1.29 is 9.15 Å². The summed E-state index contributed by atoms with van der Waals surface area (Å²) in [6.07, 6.45) is 6.47. The molecule has 3 heteroatoms. The van der Waals surface area contributed by atoms with Gasteiger partial charge < -0.3 is 14.5 Å². The first-order valence-corrected chi connectivity index (χ1v) is 6.27. The fourth-order valence-corrected chi connectivity index (χ4v) is 3.09. The predicted molar refractivity (Wildman–Crippen MR) is 61.4 cm³/mol. The van der Waals surface area contributed by atoms with Crippen molar-refractivity contribution in [2.45, 2.75) is 44.2 Å². The molecule has 0 aromatic carbocycles. The van der Waals surface area contributed by atoms with Crippen molar-refractivity contribution in [3.05, 3.63) is 23.7 Å². The Morgan fingerprint density at radius 3 is 3.38 bits per heavy atom. The molecule has 16 heavy (non-hydrogen) atoms. The Morgan fingerprint density at radius 2 is 2.50 bits per heavy atom. The summed E-state index contributed by atoms with van der Waals surface area (Å²) in [4.78, 5) is 0. The van der Waals surface area contributed by atoms with Gasteiger partial charge in [-0.15, -0.1) is 0 Å². The first kappa shape index (κ1) is 10.4. The van der Waals surface area contributed by atoms with Crippen LogP contribution in [0.2, 0.25) is 0 Å². The van der Waals surface area contributed by atoms with E-state index in [0.29, 0.717) is 6.10 Å². The fourth-order valence-electron chi connectivity index (χ4n) is 3.09. The van der Waals surface area contributed by atoms with Gasteiger partial charge in [0.25, 0.3) is 0 Å². The van der Waals surface area contributed by atoms with Crippen molar-refractivity contribution in [3.63, 3.8) is 0 Å². The Morgan fingerprint density at radius 1 is 1.56 bits per heavy atom. The highest BCUT2D eigenvalue weighted by atomic mass is 16.5. The SMILES string of the molecule is CCC1CC2(CCO1)NCCc1occc12. The lowest BCUT2D eigenvalue weighted by Gasteiger charge is -2.43. The standard InChI is InChI=1S/C13H19NO2/c1-2-10-9-13(5-8-15-10)11-4-7-16-12(11)3-6-14-13/h4,7,10,14H,2-3,5-6,8-9H2,1H3. The smallest absolute Gasteiger partial charge is 0.110 e. The zero-order valence-electron chi connectivity index (χ0n) is 9.79. The Hall–Kier alpha value is -0.800. The summed E-state index contributed by atoms with van der Waals surface area (Å²) in [5.41, 5.74) is 1.50. The van der Waals surface area contributed by atoms with Gasteiger partial charge in [-0.1, -0.05) is 6.92 Å². The number of hydrogen-bond donors (Lipinski definition) is 1. The minimum Gasteiger partial charge on any atom is -0.469 e. The van der Waals surface area contributed by atoms with Crippen LogP contribution in [0.15, 0.2) is 16.7 Å². The van der Waals surface area contributed by atoms with E-state index < -0.39 is 0 Å². The summed E-state index contributed by atoms with van der Waals surface area (Å²) in [5, 5.41) is 3.70. The van der Waals surface area contributed by atoms with E-state index >= 15 is 0 Å². The van der Waals surface area contributed by atoms with Crippen molar-refractivity contribution >= 4 is 0 Å². The van der Waals surface area contributed by atoms with E-state index in [1.54, 1.807) is 0 Å². The van der Waals surface area contributed by atoms with Gasteiger partial charge in [0, 0.05) is 25.1 Å². The molecule has 1 aromatic heterocycles. The molecule has 1 saturated heterocycles. The summed E-state index contributed by atoms with van der Waals surface area (Å²) in [7, 11) is 0. The van der Waals surface area contributed by atoms with Crippen LogP contribution in [0.4, 0.5) is 0 Å². The van der Waals surface area contributed by atoms with E-state index in [-0.39, 0.29) is 5.54 Å². The van der Waals surface area contributed by atoms with Crippen LogP contribution in [0.1, 0.15) is 37.5 Å². The van der Waals surface area contributed by atoms with Crippen molar-refractivity contribution in [3.8, 4) is 0 Å². The van der Waals surface area contributed by atoms with Crippen molar-refractivity contribution in [2.75, 3.05) is 13.2 Å². The van der Waals surface area contributed by atoms with Gasteiger partial charge in [0.1, 0.15) is 5.76 Å². The van der Waals surface area contributed by atoms with E-state index in [1.807, 2.05) is 6.26 Å². The second kappa shape index (κ2) is 3.90. The maximum absolute atomic E-state index is 5.78. The highest BCUT2D eigenvalue weighted by molar-refractivity contribution is 5.30. The molecule has 0 amide bonds. The molecule has 88 valence electrons. The highest BCUT2D eigenvalue weighted by Crippen LogP contribution is 2.39. The van der Waals surface area contributed by atoms with Crippen LogP contribution in [-0.4, -0.2) is 19.3 Å². The molecule has 2 aliphatic heterocycles. The number of ether oxygens (including phenoxy) is 1. The molecule has 1 aromatic rings. The second-order valence-corrected chi connectivity index (χ2v) is 4.87. The first-order chi connectivity index (χ1) is 7.84. The zero-order chi connectivity index (χ0) is 11.0. The van der Waals surface area contributed by atoms with Crippen LogP contribution in [0.5, 0.6) is 0 Å². The fraction of sp³-hybridized carbons (Fsp3) is 0.692. The van der Waals surface area contributed by atoms with Crippen LogP contribution >= 0.6 is 0 Å². The van der Waals surface area contributed by atoms with Crippen molar-refractivity contribution in [1.82, 2.24) is 5.32 Å². The molecular formula is C13H19NO2. The number of hydrogen-bond acceptors (Lipinski definition) is 3. The molecule has 3 heterocycles. The maximum atomic E-state index is 5.78. The Labute approximate surface area is 96.2 Å². The highest BCUT2D eigenvalue weighted by Gasteiger charge is 2.41. The zero-order valence-corrected chi connectivity index (χ0v) is 9.79. The normalized spacial score (nSPS) is 33.9. The second-order valence-electron chi connectivity index (χ2n) is 4.87. The molecule has 3 nitrogen and oxygen atoms in total. The topological polar surface area (TPSA) is 34.4 Å². The monoisotopic (exact) mass is 221 g/mol. The minimum absolute atomic E-state index is 0.125. The maximum Gasteiger partial charge on any atom is 0.110 e. The molecule has 1 fully saturated rings. The number of fused-ring (bicyclic) bond motifs is 2. The van der Waals surface area contributed by atoms with Gasteiger partial charge in [0.2, 0.25) is 0 Å². The third-order valence-corrected chi connectivity index (χ3v) is 3.99. The van der Waals surface area contributed by atoms with Gasteiger partial charge in [0.05, 0.1) is 17.9 Å². The van der Waals surface area contributed by atoms with E-state index in [1.165, 1.54) is 11.3 Å². The van der Waals surface area contributed by atoms with Crippen LogP contribution < -0.4 is 5.32 Å². The summed E-state index contributed by atoms with van der Waals surface area (Å²) >= 11 is 0. The summed E-state index contributed by atoms with van der Waals surface area (Å²) in [6.45, 7) is 4.08. The van der Waals surface area contributed by atoms with Crippen LogP contribution in [-0.2, 0) is 16.7 Å². The molecule has 3 rings (SSSR count). The molecule has 2 unspecified atom stereocenters. The number of nitrogens with one attached hydrogen (secondary N) is 1. The number of rotatable bonds is 1. The van der Waals surface area contributed by atoms with Crippen molar-refractivity contribution in [2.24, 2.45) is 0 Å². The van der Waals surface area contributed by atoms with Crippen LogP contribution in [0.25, 0.3) is 0 Å². The lowest BCUT2D eigenvalue weighted by molar-refractivity contribution is -0.0345. The molecule has 0 aliphatic carbocycles. The molecule has 1 N–H and O–H groups in total. The lowest BCUT2D eigenvalue weighted by Crippen LogP contribution is -2.52. The van der Waals surface area contributed by atoms with Gasteiger partial charge in [-0.05, 0) is 25.3 Å². The van der Waals surface area contributed by atoms with Gasteiger partial charge in [-0.25, -0.2) is 0 Å². The van der Waals surface area contributed by atoms with Crippen molar-refractivity contribution in [1.29, 1.82) is 0 Å². The van der Waals surface area contributed by atoms with Crippen LogP contribution in [0.3, 0.4) is 0 Å². The molecule has 2 atom stereocenters. The molecule has 2 aliphatic rings. The quantitative estimate of drug-likeness (QED) is 0.789. The predicted octanol–water partition coefficient (Wildman–Crippen LogP) is 2.21. The first-order valence-electron chi connectivity index (χ1n) is 6.27. The Bertz CT molecular complexity index is 374. The van der Waals surface area contributed by atoms with Crippen LogP contribution in [0, 0.1) is 0 Å². The molecule has 0 bridgehead atoms.